The molecular weight excluding hydrogens is 438 g/mol. The van der Waals surface area contributed by atoms with Crippen molar-refractivity contribution in [1.82, 2.24) is 19.7 Å². The Morgan fingerprint density at radius 3 is 2.50 bits per heavy atom. The first-order valence-electron chi connectivity index (χ1n) is 10.6. The predicted octanol–water partition coefficient (Wildman–Crippen LogP) is 3.93. The van der Waals surface area contributed by atoms with E-state index in [0.717, 1.165) is 0 Å². The van der Waals surface area contributed by atoms with Crippen molar-refractivity contribution >= 4 is 11.6 Å². The van der Waals surface area contributed by atoms with E-state index in [0.29, 0.717) is 54.4 Å². The highest BCUT2D eigenvalue weighted by Gasteiger charge is 2.42. The molecule has 1 aliphatic heterocycles. The third kappa shape index (κ3) is 3.66. The van der Waals surface area contributed by atoms with Crippen LogP contribution in [0, 0.1) is 25.5 Å². The van der Waals surface area contributed by atoms with Gasteiger partial charge in [0.05, 0.1) is 17.8 Å². The van der Waals surface area contributed by atoms with Gasteiger partial charge in [0.25, 0.3) is 0 Å². The molecule has 2 heterocycles. The summed E-state index contributed by atoms with van der Waals surface area (Å²) < 4.78 is 37.7. The molecule has 3 aromatic rings. The van der Waals surface area contributed by atoms with Gasteiger partial charge in [-0.15, -0.1) is 10.2 Å². The zero-order valence-corrected chi connectivity index (χ0v) is 18.5. The molecule has 2 aromatic carbocycles. The minimum Gasteiger partial charge on any atom is -0.481 e. The Labute approximate surface area is 189 Å². The number of halogens is 3. The van der Waals surface area contributed by atoms with Gasteiger partial charge in [0.1, 0.15) is 23.6 Å². The summed E-state index contributed by atoms with van der Waals surface area (Å²) in [7, 11) is 0. The molecule has 0 amide bonds. The molecule has 168 valence electrons. The van der Waals surface area contributed by atoms with Crippen LogP contribution >= 0.6 is 11.6 Å². The normalized spacial score (nSPS) is 23.0. The highest BCUT2D eigenvalue weighted by molar-refractivity contribution is 6.30. The molecule has 0 bridgehead atoms. The summed E-state index contributed by atoms with van der Waals surface area (Å²) in [5, 5.41) is 18.3. The highest BCUT2D eigenvalue weighted by atomic mass is 35.5. The van der Waals surface area contributed by atoms with Crippen LogP contribution in [0.15, 0.2) is 30.3 Å². The number of hydrogen-bond donors (Lipinski definition) is 1. The average Bonchev–Trinajstić information content (AvgIpc) is 3.41. The first-order valence-corrected chi connectivity index (χ1v) is 10.9. The first-order chi connectivity index (χ1) is 15.3. The van der Waals surface area contributed by atoms with Crippen molar-refractivity contribution in [1.29, 1.82) is 0 Å². The molecule has 32 heavy (non-hydrogen) atoms. The number of likely N-dealkylation sites (tertiary alicyclic amines) is 1. The van der Waals surface area contributed by atoms with Crippen molar-refractivity contribution in [2.24, 2.45) is 0 Å². The van der Waals surface area contributed by atoms with Crippen molar-refractivity contribution in [3.8, 4) is 11.4 Å². The molecule has 0 spiro atoms. The molecule has 6 nitrogen and oxygen atoms in total. The van der Waals surface area contributed by atoms with E-state index < -0.39 is 23.8 Å². The largest absolute Gasteiger partial charge is 0.481 e. The minimum atomic E-state index is -0.609. The average molecular weight is 461 g/mol. The van der Waals surface area contributed by atoms with Crippen LogP contribution in [0.25, 0.3) is 5.69 Å². The molecule has 9 heteroatoms. The summed E-state index contributed by atoms with van der Waals surface area (Å²) in [6.45, 7) is 4.74. The van der Waals surface area contributed by atoms with Crippen LogP contribution in [0.5, 0.6) is 5.75 Å². The fraction of sp³-hybridized carbons (Fsp3) is 0.391. The number of ether oxygens (including phenoxy) is 1. The quantitative estimate of drug-likeness (QED) is 0.639. The summed E-state index contributed by atoms with van der Waals surface area (Å²) in [5.74, 6) is 0.445. The maximum absolute atomic E-state index is 15.1. The molecule has 3 atom stereocenters. The van der Waals surface area contributed by atoms with Crippen LogP contribution in [0.1, 0.15) is 35.3 Å². The van der Waals surface area contributed by atoms with Crippen LogP contribution in [0.4, 0.5) is 8.78 Å². The topological polar surface area (TPSA) is 63.4 Å². The van der Waals surface area contributed by atoms with Crippen LogP contribution in [0.3, 0.4) is 0 Å². The van der Waals surface area contributed by atoms with E-state index in [2.05, 4.69) is 15.1 Å². The van der Waals surface area contributed by atoms with E-state index >= 15 is 4.39 Å². The molecule has 5 rings (SSSR count). The summed E-state index contributed by atoms with van der Waals surface area (Å²) in [6, 6.07) is 7.44. The molecule has 0 radical (unpaired) electrons. The lowest BCUT2D eigenvalue weighted by molar-refractivity contribution is 0.0790. The Kier molecular flexibility index (Phi) is 5.39. The van der Waals surface area contributed by atoms with Crippen LogP contribution in [-0.4, -0.2) is 50.0 Å². The van der Waals surface area contributed by atoms with Crippen LogP contribution in [0.2, 0.25) is 5.02 Å². The van der Waals surface area contributed by atoms with Gasteiger partial charge in [-0.3, -0.25) is 9.47 Å². The number of rotatable bonds is 4. The fourth-order valence-corrected chi connectivity index (χ4v) is 5.06. The van der Waals surface area contributed by atoms with E-state index in [1.54, 1.807) is 36.6 Å². The Morgan fingerprint density at radius 2 is 1.84 bits per heavy atom. The minimum absolute atomic E-state index is 0.0695. The highest BCUT2D eigenvalue weighted by Crippen LogP contribution is 2.42. The van der Waals surface area contributed by atoms with Gasteiger partial charge in [0.15, 0.2) is 11.6 Å². The van der Waals surface area contributed by atoms with Gasteiger partial charge < -0.3 is 9.84 Å². The summed E-state index contributed by atoms with van der Waals surface area (Å²) >= 11 is 6.13. The van der Waals surface area contributed by atoms with Crippen LogP contribution in [-0.2, 0) is 6.42 Å². The van der Waals surface area contributed by atoms with Gasteiger partial charge >= 0.3 is 0 Å². The maximum atomic E-state index is 15.1. The molecule has 1 aliphatic carbocycles. The number of aliphatic hydroxyl groups excluding tert-OH is 1. The van der Waals surface area contributed by atoms with E-state index in [4.69, 9.17) is 16.3 Å². The number of β-amino-alcohol motifs (C(OH)–C–C–N with tert-alkyl or cyclic N) is 1. The van der Waals surface area contributed by atoms with E-state index in [1.165, 1.54) is 12.1 Å². The summed E-state index contributed by atoms with van der Waals surface area (Å²) in [6.07, 6.45) is 0.0132. The molecule has 2 aliphatic rings. The van der Waals surface area contributed by atoms with E-state index in [9.17, 15) is 9.50 Å². The maximum Gasteiger partial charge on any atom is 0.167 e. The van der Waals surface area contributed by atoms with Crippen LogP contribution < -0.4 is 4.74 Å². The zero-order chi connectivity index (χ0) is 22.6. The Balaban J connectivity index is 1.50. The molecule has 0 saturated carbocycles. The van der Waals surface area contributed by atoms with Crippen molar-refractivity contribution in [2.45, 2.75) is 44.9 Å². The summed E-state index contributed by atoms with van der Waals surface area (Å²) in [4.78, 5) is 2.08. The van der Waals surface area contributed by atoms with Gasteiger partial charge in [-0.25, -0.2) is 8.78 Å². The van der Waals surface area contributed by atoms with Crippen molar-refractivity contribution in [3.05, 3.63) is 69.8 Å². The van der Waals surface area contributed by atoms with Crippen molar-refractivity contribution < 1.29 is 18.6 Å². The van der Waals surface area contributed by atoms with Gasteiger partial charge in [0, 0.05) is 29.7 Å². The number of fused-ring (bicyclic) bond motifs is 1. The molecule has 1 N–H and O–H groups in total. The molecule has 1 aromatic heterocycles. The van der Waals surface area contributed by atoms with Crippen molar-refractivity contribution in [3.63, 3.8) is 0 Å². The number of aliphatic hydroxyl groups is 1. The SMILES string of the molecule is Cc1nnc(C)n1-c1ccc(O[C@H]2c3cc(Cl)cc(F)c3C[C@@H]2N2CCC(O)C2)c(F)c1. The lowest BCUT2D eigenvalue weighted by Crippen LogP contribution is -2.39. The lowest BCUT2D eigenvalue weighted by Gasteiger charge is -2.30. The number of nitrogens with zero attached hydrogens (tertiary/aromatic N) is 4. The van der Waals surface area contributed by atoms with Crippen molar-refractivity contribution in [2.75, 3.05) is 13.1 Å². The van der Waals surface area contributed by atoms with Gasteiger partial charge in [-0.1, -0.05) is 11.6 Å². The Hall–Kier alpha value is -2.55. The third-order valence-electron chi connectivity index (χ3n) is 6.34. The Morgan fingerprint density at radius 1 is 1.09 bits per heavy atom. The number of hydrogen-bond acceptors (Lipinski definition) is 5. The second kappa shape index (κ2) is 8.10. The standard InChI is InChI=1S/C23H23ClF2N4O2/c1-12-27-28-13(2)30(12)15-3-4-22(20(26)9-15)32-23-18-7-14(24)8-19(25)17(18)10-21(23)29-6-5-16(31)11-29/h3-4,7-9,16,21,23,31H,5-6,10-11H2,1-2H3/t16?,21-,23-/m0/s1. The molecule has 1 unspecified atom stereocenters. The van der Waals surface area contributed by atoms with E-state index in [-0.39, 0.29) is 16.8 Å². The molecule has 1 fully saturated rings. The Bertz CT molecular complexity index is 1170. The number of aromatic nitrogens is 3. The fourth-order valence-electron chi connectivity index (χ4n) is 4.85. The number of aryl methyl sites for hydroxylation is 2. The van der Waals surface area contributed by atoms with Gasteiger partial charge in [-0.05, 0) is 56.5 Å². The lowest BCUT2D eigenvalue weighted by atomic mass is 10.1. The predicted molar refractivity (Wildman–Crippen MR) is 115 cm³/mol. The van der Waals surface area contributed by atoms with Gasteiger partial charge in [0.2, 0.25) is 0 Å². The third-order valence-corrected chi connectivity index (χ3v) is 6.56. The monoisotopic (exact) mass is 460 g/mol. The molecule has 1 saturated heterocycles. The smallest absolute Gasteiger partial charge is 0.167 e. The number of benzene rings is 2. The summed E-state index contributed by atoms with van der Waals surface area (Å²) in [5.41, 5.74) is 1.74. The second-order valence-corrected chi connectivity index (χ2v) is 8.88. The van der Waals surface area contributed by atoms with Gasteiger partial charge in [-0.2, -0.15) is 0 Å². The van der Waals surface area contributed by atoms with E-state index in [1.807, 2.05) is 0 Å². The zero-order valence-electron chi connectivity index (χ0n) is 17.7. The second-order valence-electron chi connectivity index (χ2n) is 8.45. The molecular formula is C23H23ClF2N4O2. The first kappa shape index (κ1) is 21.3.